The first-order chi connectivity index (χ1) is 26.4. The number of aliphatic hydroxyl groups excluding tert-OH is 3. The number of esters is 1. The Bertz CT molecular complexity index is 1500. The zero-order valence-corrected chi connectivity index (χ0v) is 36.4. The van der Waals surface area contributed by atoms with Gasteiger partial charge in [-0.05, 0) is 66.8 Å². The molecule has 326 valence electrons. The molecular weight excluding hydrogens is 739 g/mol. The van der Waals surface area contributed by atoms with Crippen LogP contribution in [0, 0.1) is 29.6 Å². The zero-order chi connectivity index (χ0) is 42.9. The summed E-state index contributed by atoms with van der Waals surface area (Å²) >= 11 is 0. The summed E-state index contributed by atoms with van der Waals surface area (Å²) in [5, 5.41) is 67.1. The summed E-state index contributed by atoms with van der Waals surface area (Å²) in [6, 6.07) is -0.396. The van der Waals surface area contributed by atoms with Gasteiger partial charge in [0.15, 0.2) is 6.29 Å². The maximum atomic E-state index is 14.4. The van der Waals surface area contributed by atoms with Gasteiger partial charge in [0.25, 0.3) is 7.98 Å². The summed E-state index contributed by atoms with van der Waals surface area (Å²) < 4.78 is 33.2. The molecule has 3 fully saturated rings. The van der Waals surface area contributed by atoms with Crippen molar-refractivity contribution in [1.29, 1.82) is 0 Å². The molecule has 3 aliphatic heterocycles. The van der Waals surface area contributed by atoms with Crippen LogP contribution in [-0.4, -0.2) is 164 Å². The number of cyclic esters (lactones) is 1. The lowest BCUT2D eigenvalue weighted by atomic mass is 9.67. The normalized spacial score (nSPS) is 45.8. The molecule has 3 aliphatic rings. The molecule has 0 aliphatic carbocycles. The molecule has 17 heteroatoms. The second-order valence-corrected chi connectivity index (χ2v) is 18.2. The lowest BCUT2D eigenvalue weighted by Crippen LogP contribution is -2.62. The van der Waals surface area contributed by atoms with Gasteiger partial charge in [-0.1, -0.05) is 39.8 Å². The number of likely N-dealkylation sites (N-methyl/N-ethyl adjacent to an activating group) is 1. The van der Waals surface area contributed by atoms with Crippen LogP contribution in [-0.2, 0) is 39.7 Å². The summed E-state index contributed by atoms with van der Waals surface area (Å²) in [5.74, 6) is -5.47. The monoisotopic (exact) mass is 811 g/mol. The topological polar surface area (TPSA) is 215 Å². The number of nitrogens with zero attached hydrogens (tertiary/aromatic N) is 4. The molecule has 4 heterocycles. The van der Waals surface area contributed by atoms with Crippen LogP contribution in [0.15, 0.2) is 6.20 Å². The number of aromatic nitrogens is 3. The van der Waals surface area contributed by atoms with Gasteiger partial charge in [0, 0.05) is 56.5 Å². The quantitative estimate of drug-likeness (QED) is 0.171. The molecular formula is C40H71BN4O12. The van der Waals surface area contributed by atoms with E-state index in [0.29, 0.717) is 19.4 Å². The molecule has 0 amide bonds. The number of hydrogen-bond acceptors (Lipinski definition) is 15. The molecule has 0 saturated carbocycles. The van der Waals surface area contributed by atoms with Crippen LogP contribution < -0.4 is 0 Å². The lowest BCUT2D eigenvalue weighted by molar-refractivity contribution is -0.302. The van der Waals surface area contributed by atoms with E-state index < -0.39 is 113 Å². The Morgan fingerprint density at radius 1 is 1.00 bits per heavy atom. The predicted octanol–water partition coefficient (Wildman–Crippen LogP) is 0.660. The number of carbonyl (C=O) groups excluding carboxylic acids is 2. The fourth-order valence-electron chi connectivity index (χ4n) is 9.85. The van der Waals surface area contributed by atoms with Gasteiger partial charge in [-0.3, -0.25) is 9.59 Å². The maximum absolute atomic E-state index is 14.4. The smallest absolute Gasteiger partial charge is 0.309 e. The third-order valence-electron chi connectivity index (χ3n) is 13.4. The molecule has 1 aromatic rings. The molecule has 5 N–H and O–H groups in total. The second-order valence-electron chi connectivity index (χ2n) is 18.2. The van der Waals surface area contributed by atoms with Crippen LogP contribution >= 0.6 is 0 Å². The minimum Gasteiger partial charge on any atom is -0.459 e. The molecule has 1 unspecified atom stereocenters. The van der Waals surface area contributed by atoms with Gasteiger partial charge >= 0.3 is 5.97 Å². The molecule has 0 aromatic carbocycles. The average molecular weight is 811 g/mol. The van der Waals surface area contributed by atoms with Crippen molar-refractivity contribution in [1.82, 2.24) is 19.8 Å². The van der Waals surface area contributed by atoms with Gasteiger partial charge in [-0.25, -0.2) is 0 Å². The molecule has 16 nitrogen and oxygen atoms in total. The molecule has 18 atom stereocenters. The van der Waals surface area contributed by atoms with Crippen LogP contribution in [0.3, 0.4) is 0 Å². The van der Waals surface area contributed by atoms with Crippen LogP contribution in [0.4, 0.5) is 0 Å². The highest BCUT2D eigenvalue weighted by Gasteiger charge is 2.55. The Morgan fingerprint density at radius 3 is 2.23 bits per heavy atom. The van der Waals surface area contributed by atoms with Crippen molar-refractivity contribution < 1.29 is 58.8 Å². The summed E-state index contributed by atoms with van der Waals surface area (Å²) in [6.07, 6.45) is -6.00. The minimum atomic E-state index is -1.99. The average Bonchev–Trinajstić information content (AvgIpc) is 3.57. The van der Waals surface area contributed by atoms with Crippen LogP contribution in [0.5, 0.6) is 0 Å². The number of methoxy groups -OCH3 is 1. The van der Waals surface area contributed by atoms with Gasteiger partial charge in [0.05, 0.1) is 53.3 Å². The van der Waals surface area contributed by atoms with E-state index in [1.54, 1.807) is 54.1 Å². The fraction of sp³-hybridized carbons (Fsp3) is 0.900. The lowest BCUT2D eigenvalue weighted by Gasteiger charge is -2.51. The summed E-state index contributed by atoms with van der Waals surface area (Å²) in [7, 11) is 5.22. The van der Waals surface area contributed by atoms with Crippen molar-refractivity contribution in [3.05, 3.63) is 11.9 Å². The van der Waals surface area contributed by atoms with E-state index in [1.807, 2.05) is 32.0 Å². The maximum Gasteiger partial charge on any atom is 0.309 e. The first-order valence-electron chi connectivity index (χ1n) is 20.7. The van der Waals surface area contributed by atoms with E-state index in [0.717, 1.165) is 5.69 Å². The molecule has 57 heavy (non-hydrogen) atoms. The van der Waals surface area contributed by atoms with Crippen molar-refractivity contribution in [2.75, 3.05) is 20.7 Å². The summed E-state index contributed by atoms with van der Waals surface area (Å²) in [6.45, 7) is 17.3. The summed E-state index contributed by atoms with van der Waals surface area (Å²) in [4.78, 5) is 30.4. The number of rotatable bonds is 9. The second kappa shape index (κ2) is 18.7. The molecule has 3 saturated heterocycles. The third kappa shape index (κ3) is 10.3. The zero-order valence-electron chi connectivity index (χ0n) is 36.4. The van der Waals surface area contributed by atoms with Crippen LogP contribution in [0.1, 0.15) is 101 Å². The molecule has 4 rings (SSSR count). The van der Waals surface area contributed by atoms with Crippen LogP contribution in [0.25, 0.3) is 0 Å². The third-order valence-corrected chi connectivity index (χ3v) is 13.4. The number of ether oxygens (including phenoxy) is 5. The van der Waals surface area contributed by atoms with Gasteiger partial charge < -0.3 is 58.7 Å². The number of Topliss-reactive ketones (excluding diaryl/α,β-unsaturated/α-hetero) is 1. The Kier molecular flexibility index (Phi) is 15.6. The largest absolute Gasteiger partial charge is 0.459 e. The first kappa shape index (κ1) is 47.6. The van der Waals surface area contributed by atoms with Gasteiger partial charge in [-0.2, -0.15) is 0 Å². The van der Waals surface area contributed by atoms with Gasteiger partial charge in [0.1, 0.15) is 29.7 Å². The van der Waals surface area contributed by atoms with E-state index >= 15 is 0 Å². The van der Waals surface area contributed by atoms with E-state index in [2.05, 4.69) is 10.3 Å². The van der Waals surface area contributed by atoms with E-state index in [9.17, 15) is 35.1 Å². The van der Waals surface area contributed by atoms with Crippen LogP contribution in [0.2, 0.25) is 0 Å². The number of aliphatic hydroxyl groups is 5. The number of ketones is 1. The minimum absolute atomic E-state index is 0.126. The standard InChI is InChI=1S/C40H71BN4O12/c1-13-29-40(10,52)33(48)24(6)31(46)20(2)17-38(8,51)35(22(4)30(23(5)36(50)56-29)28-18-39(9,53-12)34(49)25(7)55-28)57-37-32(47)27(16-21(3)54-37)44(11)15-14-26-19-45(41)43-42-26/h19-25,27-30,32-35,37,47-49,51-52H,13-18,41H2,1-12H3/t20-,21-,22+,23-,24+,25+,27+,28-,29-,30?,32-,33-,34+,35-,37+,38-,39-,40-/m1/s1. The molecule has 0 bridgehead atoms. The Hall–Kier alpha value is -2.06. The molecule has 0 spiro atoms. The Balaban J connectivity index is 1.80. The number of hydrogen-bond donors (Lipinski definition) is 5. The molecule has 1 aromatic heterocycles. The van der Waals surface area contributed by atoms with Crippen molar-refractivity contribution in [3.8, 4) is 0 Å². The highest BCUT2D eigenvalue weighted by atomic mass is 16.7. The Morgan fingerprint density at radius 2 is 1.65 bits per heavy atom. The predicted molar refractivity (Wildman–Crippen MR) is 211 cm³/mol. The van der Waals surface area contributed by atoms with E-state index in [4.69, 9.17) is 23.7 Å². The number of carbonyl (C=O) groups is 2. The van der Waals surface area contributed by atoms with E-state index in [1.165, 1.54) is 21.0 Å². The van der Waals surface area contributed by atoms with Crippen molar-refractivity contribution >= 4 is 19.7 Å². The van der Waals surface area contributed by atoms with Crippen molar-refractivity contribution in [2.45, 2.75) is 179 Å². The first-order valence-corrected chi connectivity index (χ1v) is 20.7. The van der Waals surface area contributed by atoms with E-state index in [-0.39, 0.29) is 25.4 Å². The highest BCUT2D eigenvalue weighted by Crippen LogP contribution is 2.45. The SMILES string of the molecule is Bn1cc(CCN(C)[C@H]2C[C@@H](C)O[C@@H](O[C@@H]3[C@@H](C)C([C@H]4C[C@@](C)(OC)[C@@H](O)[C@H](C)O4)[C@@H](C)C(=O)O[C@H](CC)[C@@](C)(O)[C@H](O)[C@@H](C)C(=O)[C@H](C)C[C@@]3(C)O)[C@@H]2O)nn1. The fourth-order valence-corrected chi connectivity index (χ4v) is 9.85. The van der Waals surface area contributed by atoms with Crippen molar-refractivity contribution in [2.24, 2.45) is 29.6 Å². The molecule has 0 radical (unpaired) electrons. The Labute approximate surface area is 339 Å². The highest BCUT2D eigenvalue weighted by molar-refractivity contribution is 6.05. The summed E-state index contributed by atoms with van der Waals surface area (Å²) in [5.41, 5.74) is -4.04. The van der Waals surface area contributed by atoms with Gasteiger partial charge in [-0.15, -0.1) is 5.10 Å². The van der Waals surface area contributed by atoms with Crippen molar-refractivity contribution in [3.63, 3.8) is 0 Å². The van der Waals surface area contributed by atoms with Gasteiger partial charge in [0.2, 0.25) is 0 Å².